The fourth-order valence-corrected chi connectivity index (χ4v) is 1.75. The molecule has 0 aliphatic heterocycles. The lowest BCUT2D eigenvalue weighted by molar-refractivity contribution is 0.402. The molecule has 0 aromatic heterocycles. The maximum Gasteiger partial charge on any atom is 0.0126 e. The van der Waals surface area contributed by atoms with Crippen LogP contribution in [0.1, 0.15) is 34.1 Å². The minimum Gasteiger partial charge on any atom is -0.0885 e. The molecule has 1 rings (SSSR count). The molecule has 0 N–H and O–H groups in total. The minimum absolute atomic E-state index is 0.256. The number of rotatable bonds is 3. The van der Waals surface area contributed by atoms with Gasteiger partial charge >= 0.3 is 0 Å². The van der Waals surface area contributed by atoms with E-state index >= 15 is 0 Å². The summed E-state index contributed by atoms with van der Waals surface area (Å²) in [4.78, 5) is 0. The van der Waals surface area contributed by atoms with Gasteiger partial charge in [0.25, 0.3) is 0 Å². The highest BCUT2D eigenvalue weighted by molar-refractivity contribution is 5.33. The molecule has 2 atom stereocenters. The van der Waals surface area contributed by atoms with Crippen molar-refractivity contribution in [3.8, 4) is 0 Å². The molecule has 0 spiro atoms. The Bertz CT molecular complexity index is 255. The van der Waals surface area contributed by atoms with Crippen LogP contribution in [0.4, 0.5) is 0 Å². The molecule has 0 radical (unpaired) electrons. The topological polar surface area (TPSA) is 0 Å². The second-order valence-corrected chi connectivity index (χ2v) is 4.12. The molecule has 0 heteroatoms. The number of hydrogen-bond acceptors (Lipinski definition) is 0. The van der Waals surface area contributed by atoms with Crippen LogP contribution in [0.25, 0.3) is 0 Å². The second kappa shape index (κ2) is 3.95. The summed E-state index contributed by atoms with van der Waals surface area (Å²) in [6, 6.07) is 0. The van der Waals surface area contributed by atoms with E-state index < -0.39 is 0 Å². The van der Waals surface area contributed by atoms with E-state index in [1.165, 1.54) is 5.57 Å². The molecule has 0 saturated carbocycles. The Hall–Kier alpha value is -0.780. The Morgan fingerprint density at radius 1 is 1.54 bits per heavy atom. The summed E-state index contributed by atoms with van der Waals surface area (Å²) < 4.78 is 0. The average molecular weight is 176 g/mol. The SMILES string of the molecule is CC/C=C\C(C)[C@]1(C)C=CC=C1C. The maximum absolute atomic E-state index is 2.33. The Balaban J connectivity index is 2.76. The molecule has 0 nitrogen and oxygen atoms in total. The van der Waals surface area contributed by atoms with Crippen LogP contribution in [0.3, 0.4) is 0 Å². The van der Waals surface area contributed by atoms with Crippen molar-refractivity contribution in [1.82, 2.24) is 0 Å². The van der Waals surface area contributed by atoms with Gasteiger partial charge in [-0.05, 0) is 19.3 Å². The first-order valence-electron chi connectivity index (χ1n) is 5.14. The molecule has 1 aliphatic carbocycles. The summed E-state index contributed by atoms with van der Waals surface area (Å²) in [7, 11) is 0. The van der Waals surface area contributed by atoms with Crippen molar-refractivity contribution >= 4 is 0 Å². The highest BCUT2D eigenvalue weighted by atomic mass is 14.3. The smallest absolute Gasteiger partial charge is 0.0126 e. The van der Waals surface area contributed by atoms with Crippen molar-refractivity contribution in [2.24, 2.45) is 11.3 Å². The first-order valence-corrected chi connectivity index (χ1v) is 5.14. The van der Waals surface area contributed by atoms with Crippen molar-refractivity contribution in [1.29, 1.82) is 0 Å². The van der Waals surface area contributed by atoms with Gasteiger partial charge in [0.15, 0.2) is 0 Å². The lowest BCUT2D eigenvalue weighted by Crippen LogP contribution is -2.20. The molecule has 1 unspecified atom stereocenters. The van der Waals surface area contributed by atoms with Crippen LogP contribution in [0.2, 0.25) is 0 Å². The zero-order valence-electron chi connectivity index (χ0n) is 9.17. The third-order valence-corrected chi connectivity index (χ3v) is 3.24. The summed E-state index contributed by atoms with van der Waals surface area (Å²) in [6.07, 6.45) is 12.4. The Labute approximate surface area is 82.0 Å². The van der Waals surface area contributed by atoms with Crippen LogP contribution in [-0.4, -0.2) is 0 Å². The van der Waals surface area contributed by atoms with Gasteiger partial charge in [-0.25, -0.2) is 0 Å². The van der Waals surface area contributed by atoms with Gasteiger partial charge in [0, 0.05) is 5.41 Å². The predicted molar refractivity (Wildman–Crippen MR) is 59.6 cm³/mol. The normalized spacial score (nSPS) is 29.7. The summed E-state index contributed by atoms with van der Waals surface area (Å²) >= 11 is 0. The first kappa shape index (κ1) is 10.3. The number of hydrogen-bond donors (Lipinski definition) is 0. The third kappa shape index (κ3) is 1.93. The lowest BCUT2D eigenvalue weighted by atomic mass is 9.74. The summed E-state index contributed by atoms with van der Waals surface area (Å²) in [5.74, 6) is 0.599. The van der Waals surface area contributed by atoms with E-state index in [9.17, 15) is 0 Å². The van der Waals surface area contributed by atoms with Gasteiger partial charge in [0.2, 0.25) is 0 Å². The summed E-state index contributed by atoms with van der Waals surface area (Å²) in [5, 5.41) is 0. The zero-order valence-corrected chi connectivity index (χ0v) is 9.17. The maximum atomic E-state index is 2.33. The van der Waals surface area contributed by atoms with Gasteiger partial charge < -0.3 is 0 Å². The average Bonchev–Trinajstić information content (AvgIpc) is 2.44. The van der Waals surface area contributed by atoms with Crippen molar-refractivity contribution in [2.75, 3.05) is 0 Å². The largest absolute Gasteiger partial charge is 0.0885 e. The standard InChI is InChI=1S/C13H20/c1-5-6-8-11(2)13(4)10-7-9-12(13)3/h6-11H,5H2,1-4H3/b8-6-/t11?,13-/m0/s1. The molecule has 0 saturated heterocycles. The van der Waals surface area contributed by atoms with Crippen LogP contribution >= 0.6 is 0 Å². The molecule has 0 bridgehead atoms. The van der Waals surface area contributed by atoms with Crippen LogP contribution in [-0.2, 0) is 0 Å². The Kier molecular flexibility index (Phi) is 3.13. The van der Waals surface area contributed by atoms with Gasteiger partial charge in [-0.15, -0.1) is 0 Å². The van der Waals surface area contributed by atoms with Crippen molar-refractivity contribution < 1.29 is 0 Å². The van der Waals surface area contributed by atoms with Gasteiger partial charge in [0.05, 0.1) is 0 Å². The molecule has 0 aromatic carbocycles. The highest BCUT2D eigenvalue weighted by Crippen LogP contribution is 2.40. The fraction of sp³-hybridized carbons (Fsp3) is 0.538. The van der Waals surface area contributed by atoms with E-state index in [1.807, 2.05) is 0 Å². The molecule has 0 aromatic rings. The van der Waals surface area contributed by atoms with E-state index in [4.69, 9.17) is 0 Å². The molecule has 0 amide bonds. The van der Waals surface area contributed by atoms with E-state index in [-0.39, 0.29) is 5.41 Å². The monoisotopic (exact) mass is 176 g/mol. The molecule has 72 valence electrons. The molecule has 0 fully saturated rings. The molecule has 1 aliphatic rings. The number of allylic oxidation sites excluding steroid dienone is 6. The highest BCUT2D eigenvalue weighted by Gasteiger charge is 2.30. The van der Waals surface area contributed by atoms with Gasteiger partial charge in [-0.1, -0.05) is 56.7 Å². The van der Waals surface area contributed by atoms with Gasteiger partial charge in [-0.2, -0.15) is 0 Å². The van der Waals surface area contributed by atoms with Gasteiger partial charge in [0.1, 0.15) is 0 Å². The Morgan fingerprint density at radius 3 is 2.69 bits per heavy atom. The van der Waals surface area contributed by atoms with E-state index in [1.54, 1.807) is 0 Å². The van der Waals surface area contributed by atoms with Crippen LogP contribution in [0.5, 0.6) is 0 Å². The zero-order chi connectivity index (χ0) is 9.90. The van der Waals surface area contributed by atoms with Crippen LogP contribution in [0.15, 0.2) is 36.0 Å². The van der Waals surface area contributed by atoms with Crippen molar-refractivity contribution in [3.63, 3.8) is 0 Å². The molecule has 13 heavy (non-hydrogen) atoms. The van der Waals surface area contributed by atoms with E-state index in [0.29, 0.717) is 5.92 Å². The third-order valence-electron chi connectivity index (χ3n) is 3.24. The lowest BCUT2D eigenvalue weighted by Gasteiger charge is -2.29. The Morgan fingerprint density at radius 2 is 2.23 bits per heavy atom. The van der Waals surface area contributed by atoms with Crippen molar-refractivity contribution in [2.45, 2.75) is 34.1 Å². The van der Waals surface area contributed by atoms with E-state index in [0.717, 1.165) is 6.42 Å². The van der Waals surface area contributed by atoms with Gasteiger partial charge in [-0.3, -0.25) is 0 Å². The fourth-order valence-electron chi connectivity index (χ4n) is 1.75. The molecular formula is C13H20. The molecular weight excluding hydrogens is 156 g/mol. The predicted octanol–water partition coefficient (Wildman–Crippen LogP) is 4.11. The van der Waals surface area contributed by atoms with E-state index in [2.05, 4.69) is 58.1 Å². The first-order chi connectivity index (χ1) is 6.11. The second-order valence-electron chi connectivity index (χ2n) is 4.12. The molecule has 0 heterocycles. The summed E-state index contributed by atoms with van der Waals surface area (Å²) in [6.45, 7) is 9.00. The van der Waals surface area contributed by atoms with Crippen LogP contribution in [0, 0.1) is 11.3 Å². The quantitative estimate of drug-likeness (QED) is 0.568. The van der Waals surface area contributed by atoms with Crippen molar-refractivity contribution in [3.05, 3.63) is 36.0 Å². The minimum atomic E-state index is 0.256. The summed E-state index contributed by atoms with van der Waals surface area (Å²) in [5.41, 5.74) is 1.73. The van der Waals surface area contributed by atoms with Crippen LogP contribution < -0.4 is 0 Å².